The van der Waals surface area contributed by atoms with Gasteiger partial charge in [0.05, 0.1) is 33.8 Å². The van der Waals surface area contributed by atoms with E-state index in [0.29, 0.717) is 17.4 Å². The number of ether oxygens (including phenoxy) is 1. The van der Waals surface area contributed by atoms with E-state index in [2.05, 4.69) is 86.8 Å². The maximum Gasteiger partial charge on any atom is 0.306 e. The molecule has 0 rings (SSSR count). The van der Waals surface area contributed by atoms with Gasteiger partial charge in [-0.25, -0.2) is 0 Å². The summed E-state index contributed by atoms with van der Waals surface area (Å²) in [4.78, 5) is 39.9. The van der Waals surface area contributed by atoms with E-state index < -0.39 is 26.6 Å². The lowest BCUT2D eigenvalue weighted by Crippen LogP contribution is -2.47. The number of hydrogen-bond donors (Lipinski definition) is 1. The highest BCUT2D eigenvalue weighted by atomic mass is 31.2. The van der Waals surface area contributed by atoms with Crippen LogP contribution in [-0.2, 0) is 27.9 Å². The van der Waals surface area contributed by atoms with E-state index in [0.717, 1.165) is 103 Å². The van der Waals surface area contributed by atoms with Crippen molar-refractivity contribution in [1.82, 2.24) is 5.32 Å². The predicted octanol–water partition coefficient (Wildman–Crippen LogP) is 18.2. The van der Waals surface area contributed by atoms with Crippen molar-refractivity contribution in [2.24, 2.45) is 0 Å². The van der Waals surface area contributed by atoms with Crippen molar-refractivity contribution >= 4 is 19.7 Å². The minimum atomic E-state index is -4.70. The molecule has 10 heteroatoms. The van der Waals surface area contributed by atoms with Crippen LogP contribution < -0.4 is 10.2 Å². The van der Waals surface area contributed by atoms with Crippen LogP contribution in [0.5, 0.6) is 0 Å². The van der Waals surface area contributed by atoms with E-state index in [1.54, 1.807) is 0 Å². The zero-order valence-electron chi connectivity index (χ0n) is 49.0. The minimum Gasteiger partial charge on any atom is -0.756 e. The fourth-order valence-electron chi connectivity index (χ4n) is 8.67. The molecule has 1 N–H and O–H groups in total. The van der Waals surface area contributed by atoms with E-state index in [4.69, 9.17) is 13.8 Å². The molecule has 0 aliphatic rings. The summed E-state index contributed by atoms with van der Waals surface area (Å²) >= 11 is 0. The lowest BCUT2D eigenvalue weighted by Gasteiger charge is -2.30. The summed E-state index contributed by atoms with van der Waals surface area (Å²) in [7, 11) is 1.18. The number of unbranched alkanes of at least 4 members (excludes halogenated alkanes) is 29. The Kier molecular flexibility index (Phi) is 52.0. The lowest BCUT2D eigenvalue weighted by atomic mass is 10.0. The minimum absolute atomic E-state index is 0.0252. The van der Waals surface area contributed by atoms with Gasteiger partial charge in [-0.2, -0.15) is 0 Å². The number of rotatable bonds is 55. The number of carbonyl (C=O) groups excluding carboxylic acids is 2. The lowest BCUT2D eigenvalue weighted by molar-refractivity contribution is -0.870. The number of carbonyl (C=O) groups is 2. The molecule has 0 spiro atoms. The summed E-state index contributed by atoms with van der Waals surface area (Å²) in [6, 6.07) is -0.892. The molecule has 0 aliphatic heterocycles. The molecule has 0 aromatic carbocycles. The van der Waals surface area contributed by atoms with Gasteiger partial charge in [0.25, 0.3) is 7.82 Å². The highest BCUT2D eigenvalue weighted by molar-refractivity contribution is 7.45. The third-order valence-corrected chi connectivity index (χ3v) is 14.4. The fourth-order valence-corrected chi connectivity index (χ4v) is 9.39. The first kappa shape index (κ1) is 71.5. The number of nitrogens with zero attached hydrogens (tertiary/aromatic N) is 1. The summed E-state index contributed by atoms with van der Waals surface area (Å²) in [6.07, 6.45) is 68.6. The zero-order chi connectivity index (χ0) is 54.3. The summed E-state index contributed by atoms with van der Waals surface area (Å²) in [5.74, 6) is -0.550. The summed E-state index contributed by atoms with van der Waals surface area (Å²) in [5, 5.41) is 3.02. The van der Waals surface area contributed by atoms with Crippen LogP contribution >= 0.6 is 7.82 Å². The monoisotopic (exact) mass is 1060 g/mol. The van der Waals surface area contributed by atoms with E-state index in [1.807, 2.05) is 33.3 Å². The van der Waals surface area contributed by atoms with Crippen LogP contribution in [0.1, 0.15) is 271 Å². The van der Waals surface area contributed by atoms with Gasteiger partial charge in [-0.15, -0.1) is 0 Å². The molecule has 0 heterocycles. The first-order valence-electron chi connectivity index (χ1n) is 30.7. The molecule has 0 aromatic heterocycles. The first-order chi connectivity index (χ1) is 35.9. The molecule has 0 aliphatic carbocycles. The number of quaternary nitrogens is 1. The van der Waals surface area contributed by atoms with Gasteiger partial charge in [-0.1, -0.05) is 255 Å². The van der Waals surface area contributed by atoms with Crippen LogP contribution in [-0.4, -0.2) is 69.4 Å². The average molecular weight is 1060 g/mol. The molecule has 1 amide bonds. The molecular weight excluding hydrogens is 940 g/mol. The van der Waals surface area contributed by atoms with Crippen molar-refractivity contribution in [1.29, 1.82) is 0 Å². The normalized spacial score (nSPS) is 14.2. The first-order valence-corrected chi connectivity index (χ1v) is 32.2. The molecule has 9 nitrogen and oxygen atoms in total. The molecule has 3 unspecified atom stereocenters. The number of phosphoric acid groups is 1. The van der Waals surface area contributed by atoms with Crippen LogP contribution in [0.2, 0.25) is 0 Å². The average Bonchev–Trinajstić information content (AvgIpc) is 3.36. The Bertz CT molecular complexity index is 1500. The topological polar surface area (TPSA) is 114 Å². The molecule has 0 bridgehead atoms. The Balaban J connectivity index is 5.19. The summed E-state index contributed by atoms with van der Waals surface area (Å²) < 4.78 is 30.3. The van der Waals surface area contributed by atoms with Crippen molar-refractivity contribution in [2.45, 2.75) is 283 Å². The van der Waals surface area contributed by atoms with Gasteiger partial charge < -0.3 is 28.5 Å². The molecular formula is C64H117N2O7P. The summed E-state index contributed by atoms with van der Waals surface area (Å²) in [6.45, 7) is 6.72. The Labute approximate surface area is 457 Å². The van der Waals surface area contributed by atoms with Crippen LogP contribution in [0.4, 0.5) is 0 Å². The van der Waals surface area contributed by atoms with E-state index in [1.165, 1.54) is 135 Å². The Morgan fingerprint density at radius 3 is 1.30 bits per heavy atom. The maximum absolute atomic E-state index is 13.5. The molecule has 74 heavy (non-hydrogen) atoms. The van der Waals surface area contributed by atoms with Crippen molar-refractivity contribution < 1.29 is 37.3 Å². The highest BCUT2D eigenvalue weighted by Gasteiger charge is 2.27. The van der Waals surface area contributed by atoms with Crippen LogP contribution in [0.25, 0.3) is 0 Å². The summed E-state index contributed by atoms with van der Waals surface area (Å²) in [5.41, 5.74) is 0. The van der Waals surface area contributed by atoms with Gasteiger partial charge >= 0.3 is 5.97 Å². The number of amides is 1. The van der Waals surface area contributed by atoms with Gasteiger partial charge in [-0.3, -0.25) is 14.2 Å². The third kappa shape index (κ3) is 54.2. The van der Waals surface area contributed by atoms with Gasteiger partial charge in [0, 0.05) is 12.8 Å². The van der Waals surface area contributed by atoms with Gasteiger partial charge in [0.1, 0.15) is 19.3 Å². The van der Waals surface area contributed by atoms with Gasteiger partial charge in [-0.05, 0) is 76.7 Å². The second kappa shape index (κ2) is 53.8. The molecule has 430 valence electrons. The number of likely N-dealkylation sites (N-methyl/N-ethyl adjacent to an activating group) is 1. The number of phosphoric ester groups is 1. The SMILES string of the molecule is CC/C=C\C/C=C\C/C=C\C/C=C\C/C=C\CCCCCCCCCC(=O)OC(/C=C/CCCCCCCCCCC)C(COP(=O)([O-])OCC[N+](C)(C)C)NC(=O)CCCCCCCCCCCCCCCC. The van der Waals surface area contributed by atoms with E-state index in [9.17, 15) is 19.0 Å². The Morgan fingerprint density at radius 2 is 0.865 bits per heavy atom. The molecule has 0 radical (unpaired) electrons. The quantitative estimate of drug-likeness (QED) is 0.0212. The zero-order valence-corrected chi connectivity index (χ0v) is 49.9. The third-order valence-electron chi connectivity index (χ3n) is 13.4. The van der Waals surface area contributed by atoms with Gasteiger partial charge in [0.2, 0.25) is 5.91 Å². The van der Waals surface area contributed by atoms with E-state index >= 15 is 0 Å². The molecule has 0 saturated heterocycles. The largest absolute Gasteiger partial charge is 0.756 e. The highest BCUT2D eigenvalue weighted by Crippen LogP contribution is 2.38. The number of allylic oxidation sites excluding steroid dienone is 11. The standard InChI is InChI=1S/C64H117N2O7P/c1-7-10-13-16-19-22-25-27-29-30-31-32-33-34-35-36-37-39-42-45-48-51-54-57-64(68)73-62(55-52-49-46-43-40-24-21-18-15-12-9-3)61(60-72-74(69,70)71-59-58-66(4,5)6)65-63(67)56-53-50-47-44-41-38-28-26-23-20-17-14-11-8-2/h10,13,19,22,27,29,31-32,34-35,52,55,61-62H,7-9,11-12,14-18,20-21,23-26,28,30,33,36-51,53-54,56-60H2,1-6H3,(H-,65,67,69,70)/b13-10-,22-19-,29-27-,32-31-,35-34-,55-52+. The van der Waals surface area contributed by atoms with E-state index in [-0.39, 0.29) is 24.9 Å². The number of esters is 1. The predicted molar refractivity (Wildman–Crippen MR) is 316 cm³/mol. The Hall–Kier alpha value is -2.55. The van der Waals surface area contributed by atoms with Crippen LogP contribution in [0.3, 0.4) is 0 Å². The molecule has 0 fully saturated rings. The molecule has 0 saturated carbocycles. The maximum atomic E-state index is 13.5. The van der Waals surface area contributed by atoms with Crippen molar-refractivity contribution in [2.75, 3.05) is 40.9 Å². The molecule has 0 aromatic rings. The fraction of sp³-hybridized carbons (Fsp3) is 0.781. The van der Waals surface area contributed by atoms with Crippen LogP contribution in [0, 0.1) is 0 Å². The second-order valence-corrected chi connectivity index (χ2v) is 23.2. The van der Waals surface area contributed by atoms with Crippen molar-refractivity contribution in [3.05, 3.63) is 72.9 Å². The smallest absolute Gasteiger partial charge is 0.306 e. The van der Waals surface area contributed by atoms with Crippen molar-refractivity contribution in [3.63, 3.8) is 0 Å². The van der Waals surface area contributed by atoms with Crippen molar-refractivity contribution in [3.8, 4) is 0 Å². The molecule has 3 atom stereocenters. The Morgan fingerprint density at radius 1 is 0.486 bits per heavy atom. The second-order valence-electron chi connectivity index (χ2n) is 21.8. The van der Waals surface area contributed by atoms with Crippen LogP contribution in [0.15, 0.2) is 72.9 Å². The number of hydrogen-bond acceptors (Lipinski definition) is 7. The number of nitrogens with one attached hydrogen (secondary N) is 1. The van der Waals surface area contributed by atoms with Gasteiger partial charge in [0.15, 0.2) is 0 Å².